The molecule has 176 valence electrons. The maximum absolute atomic E-state index is 14.5. The molecule has 1 saturated heterocycles. The smallest absolute Gasteiger partial charge is 0.202 e. The number of rotatable bonds is 6. The van der Waals surface area contributed by atoms with Crippen LogP contribution in [0.25, 0.3) is 0 Å². The van der Waals surface area contributed by atoms with Crippen LogP contribution in [0.4, 0.5) is 8.78 Å². The Hall–Kier alpha value is -2.38. The van der Waals surface area contributed by atoms with Crippen LogP contribution in [0.3, 0.4) is 0 Å². The third-order valence-corrected chi connectivity index (χ3v) is 7.12. The van der Waals surface area contributed by atoms with Gasteiger partial charge in [-0.3, -0.25) is 0 Å². The number of hydrogen-bond donors (Lipinski definition) is 0. The molecule has 4 rings (SSSR count). The minimum absolute atomic E-state index is 0.0242. The van der Waals surface area contributed by atoms with Gasteiger partial charge in [-0.25, -0.2) is 4.39 Å². The first kappa shape index (κ1) is 23.8. The van der Waals surface area contributed by atoms with Crippen molar-refractivity contribution >= 4 is 0 Å². The van der Waals surface area contributed by atoms with Crippen LogP contribution in [0, 0.1) is 35.3 Å². The molecule has 1 atom stereocenters. The summed E-state index contributed by atoms with van der Waals surface area (Å²) in [5, 5.41) is 0. The lowest BCUT2D eigenvalue weighted by atomic mass is 9.78. The second kappa shape index (κ2) is 11.7. The molecule has 2 aliphatic rings. The summed E-state index contributed by atoms with van der Waals surface area (Å²) < 4.78 is 39.9. The molecule has 1 unspecified atom stereocenters. The van der Waals surface area contributed by atoms with E-state index in [2.05, 4.69) is 30.9 Å². The molecule has 2 nitrogen and oxygen atoms in total. The molecule has 1 saturated carbocycles. The molecule has 1 aliphatic carbocycles. The second-order valence-corrected chi connectivity index (χ2v) is 9.43. The van der Waals surface area contributed by atoms with Crippen molar-refractivity contribution in [1.29, 1.82) is 0 Å². The standard InChI is InChI=1S/C29H34F2O2/c1-2-21-6-8-22(9-7-21)10-11-23-12-14-24(15-13-23)16-17-25-18-19-26(29(31)28(25)30)33-27-5-3-4-20-32-27/h12-15,18-19,21-22,27H,2-11,20H2,1H3. The van der Waals surface area contributed by atoms with E-state index >= 15 is 0 Å². The Morgan fingerprint density at radius 2 is 1.64 bits per heavy atom. The van der Waals surface area contributed by atoms with Crippen LogP contribution in [0.15, 0.2) is 36.4 Å². The Kier molecular flexibility index (Phi) is 8.40. The van der Waals surface area contributed by atoms with Crippen molar-refractivity contribution in [3.63, 3.8) is 0 Å². The summed E-state index contributed by atoms with van der Waals surface area (Å²) in [5.41, 5.74) is 2.12. The highest BCUT2D eigenvalue weighted by Gasteiger charge is 2.21. The van der Waals surface area contributed by atoms with Gasteiger partial charge in [0.05, 0.1) is 12.2 Å². The Balaban J connectivity index is 1.32. The van der Waals surface area contributed by atoms with E-state index in [1.165, 1.54) is 56.2 Å². The van der Waals surface area contributed by atoms with E-state index in [4.69, 9.17) is 9.47 Å². The Morgan fingerprint density at radius 3 is 2.33 bits per heavy atom. The molecule has 2 aromatic carbocycles. The molecular formula is C29H34F2O2. The van der Waals surface area contributed by atoms with Crippen LogP contribution < -0.4 is 4.74 Å². The van der Waals surface area contributed by atoms with E-state index in [9.17, 15) is 8.78 Å². The highest BCUT2D eigenvalue weighted by atomic mass is 19.2. The van der Waals surface area contributed by atoms with Crippen molar-refractivity contribution in [1.82, 2.24) is 0 Å². The molecular weight excluding hydrogens is 418 g/mol. The number of aryl methyl sites for hydroxylation is 1. The monoisotopic (exact) mass is 452 g/mol. The van der Waals surface area contributed by atoms with Crippen molar-refractivity contribution < 1.29 is 18.3 Å². The van der Waals surface area contributed by atoms with E-state index in [-0.39, 0.29) is 11.3 Å². The summed E-state index contributed by atoms with van der Waals surface area (Å²) in [5.74, 6) is 5.38. The molecule has 4 heteroatoms. The van der Waals surface area contributed by atoms with Crippen LogP contribution in [0.1, 0.15) is 81.4 Å². The largest absolute Gasteiger partial charge is 0.462 e. The van der Waals surface area contributed by atoms with Gasteiger partial charge in [0.15, 0.2) is 17.9 Å². The summed E-state index contributed by atoms with van der Waals surface area (Å²) in [4.78, 5) is 0. The highest BCUT2D eigenvalue weighted by Crippen LogP contribution is 2.33. The first-order valence-corrected chi connectivity index (χ1v) is 12.5. The quantitative estimate of drug-likeness (QED) is 0.425. The maximum Gasteiger partial charge on any atom is 0.202 e. The normalized spacial score (nSPS) is 22.9. The summed E-state index contributed by atoms with van der Waals surface area (Å²) in [7, 11) is 0. The maximum atomic E-state index is 14.5. The first-order chi connectivity index (χ1) is 16.1. The predicted octanol–water partition coefficient (Wildman–Crippen LogP) is 7.42. The van der Waals surface area contributed by atoms with Gasteiger partial charge in [-0.05, 0) is 67.3 Å². The molecule has 2 aromatic rings. The molecule has 2 fully saturated rings. The van der Waals surface area contributed by atoms with Gasteiger partial charge < -0.3 is 9.47 Å². The van der Waals surface area contributed by atoms with Crippen molar-refractivity contribution in [3.8, 4) is 17.6 Å². The van der Waals surface area contributed by atoms with Gasteiger partial charge in [0.1, 0.15) is 0 Å². The predicted molar refractivity (Wildman–Crippen MR) is 127 cm³/mol. The van der Waals surface area contributed by atoms with Crippen molar-refractivity contribution in [2.75, 3.05) is 6.61 Å². The van der Waals surface area contributed by atoms with Gasteiger partial charge in [-0.2, -0.15) is 4.39 Å². The highest BCUT2D eigenvalue weighted by molar-refractivity contribution is 5.46. The summed E-state index contributed by atoms with van der Waals surface area (Å²) in [6, 6.07) is 11.0. The Morgan fingerprint density at radius 1 is 0.879 bits per heavy atom. The lowest BCUT2D eigenvalue weighted by Crippen LogP contribution is -2.25. The molecule has 33 heavy (non-hydrogen) atoms. The second-order valence-electron chi connectivity index (χ2n) is 9.43. The topological polar surface area (TPSA) is 18.5 Å². The van der Waals surface area contributed by atoms with E-state index in [1.807, 2.05) is 12.1 Å². The van der Waals surface area contributed by atoms with Gasteiger partial charge in [0.2, 0.25) is 5.82 Å². The molecule has 0 N–H and O–H groups in total. The summed E-state index contributed by atoms with van der Waals surface area (Å²) in [6.07, 6.45) is 11.2. The minimum Gasteiger partial charge on any atom is -0.462 e. The van der Waals surface area contributed by atoms with Crippen molar-refractivity contribution in [2.45, 2.75) is 77.4 Å². The fourth-order valence-corrected chi connectivity index (χ4v) is 4.86. The van der Waals surface area contributed by atoms with Gasteiger partial charge in [-0.15, -0.1) is 0 Å². The summed E-state index contributed by atoms with van der Waals surface area (Å²) >= 11 is 0. The van der Waals surface area contributed by atoms with Crippen LogP contribution in [0.5, 0.6) is 5.75 Å². The van der Waals surface area contributed by atoms with E-state index in [0.29, 0.717) is 13.0 Å². The van der Waals surface area contributed by atoms with Gasteiger partial charge in [-0.1, -0.05) is 63.0 Å². The Labute approximate surface area is 196 Å². The van der Waals surface area contributed by atoms with Crippen LogP contribution in [-0.2, 0) is 11.2 Å². The SMILES string of the molecule is CCC1CCC(CCc2ccc(C#Cc3ccc(OC4CCCCO4)c(F)c3F)cc2)CC1. The molecule has 0 radical (unpaired) electrons. The van der Waals surface area contributed by atoms with Crippen molar-refractivity contribution in [3.05, 3.63) is 64.7 Å². The fraction of sp³-hybridized carbons (Fsp3) is 0.517. The Bertz CT molecular complexity index is 960. The average Bonchev–Trinajstić information content (AvgIpc) is 2.87. The molecule has 0 aromatic heterocycles. The van der Waals surface area contributed by atoms with E-state index < -0.39 is 17.9 Å². The molecule has 1 heterocycles. The number of halogens is 2. The zero-order chi connectivity index (χ0) is 23.0. The number of benzene rings is 2. The van der Waals surface area contributed by atoms with Gasteiger partial charge in [0.25, 0.3) is 0 Å². The van der Waals surface area contributed by atoms with Crippen LogP contribution in [0.2, 0.25) is 0 Å². The lowest BCUT2D eigenvalue weighted by Gasteiger charge is -2.27. The minimum atomic E-state index is -1.01. The zero-order valence-electron chi connectivity index (χ0n) is 19.5. The molecule has 0 spiro atoms. The van der Waals surface area contributed by atoms with Gasteiger partial charge >= 0.3 is 0 Å². The third kappa shape index (κ3) is 6.58. The molecule has 0 amide bonds. The third-order valence-electron chi connectivity index (χ3n) is 7.12. The number of hydrogen-bond acceptors (Lipinski definition) is 2. The van der Waals surface area contributed by atoms with Crippen molar-refractivity contribution in [2.24, 2.45) is 11.8 Å². The lowest BCUT2D eigenvalue weighted by molar-refractivity contribution is -0.107. The van der Waals surface area contributed by atoms with E-state index in [0.717, 1.165) is 36.7 Å². The van der Waals surface area contributed by atoms with E-state index in [1.54, 1.807) is 0 Å². The van der Waals surface area contributed by atoms with Gasteiger partial charge in [0, 0.05) is 12.0 Å². The fourth-order valence-electron chi connectivity index (χ4n) is 4.86. The van der Waals surface area contributed by atoms with Crippen LogP contribution >= 0.6 is 0 Å². The average molecular weight is 453 g/mol. The zero-order valence-corrected chi connectivity index (χ0v) is 19.5. The number of ether oxygens (including phenoxy) is 2. The first-order valence-electron chi connectivity index (χ1n) is 12.5. The molecule has 1 aliphatic heterocycles. The molecule has 0 bridgehead atoms. The van der Waals surface area contributed by atoms with Crippen LogP contribution in [-0.4, -0.2) is 12.9 Å². The summed E-state index contributed by atoms with van der Waals surface area (Å²) in [6.45, 7) is 2.88.